The van der Waals surface area contributed by atoms with Gasteiger partial charge in [-0.05, 0) is 35.7 Å². The van der Waals surface area contributed by atoms with Crippen LogP contribution in [0, 0.1) is 11.7 Å². The van der Waals surface area contributed by atoms with Gasteiger partial charge in [0.1, 0.15) is 11.9 Å². The Bertz CT molecular complexity index is 911. The molecule has 3 N–H and O–H groups in total. The highest BCUT2D eigenvalue weighted by molar-refractivity contribution is 5.94. The van der Waals surface area contributed by atoms with Gasteiger partial charge in [-0.15, -0.1) is 12.4 Å². The van der Waals surface area contributed by atoms with Gasteiger partial charge in [0.05, 0.1) is 0 Å². The molecule has 1 heterocycles. The molecule has 0 bridgehead atoms. The van der Waals surface area contributed by atoms with E-state index in [0.717, 1.165) is 11.1 Å². The molecule has 6 nitrogen and oxygen atoms in total. The maximum Gasteiger partial charge on any atom is 0.251 e. The molecule has 0 aliphatic carbocycles. The lowest BCUT2D eigenvalue weighted by Gasteiger charge is -2.18. The van der Waals surface area contributed by atoms with Crippen molar-refractivity contribution in [2.45, 2.75) is 26.4 Å². The van der Waals surface area contributed by atoms with Gasteiger partial charge in [-0.1, -0.05) is 43.3 Å². The Morgan fingerprint density at radius 3 is 2.36 bits per heavy atom. The zero-order valence-electron chi connectivity index (χ0n) is 15.6. The first-order valence-electron chi connectivity index (χ1n) is 8.67. The average Bonchev–Trinajstić information content (AvgIpc) is 3.16. The first-order chi connectivity index (χ1) is 13.0. The summed E-state index contributed by atoms with van der Waals surface area (Å²) < 4.78 is 18.4. The zero-order chi connectivity index (χ0) is 19.4. The molecule has 0 fully saturated rings. The average molecular weight is 405 g/mol. The van der Waals surface area contributed by atoms with Crippen LogP contribution in [0.1, 0.15) is 41.7 Å². The summed E-state index contributed by atoms with van der Waals surface area (Å²) >= 11 is 0. The van der Waals surface area contributed by atoms with Gasteiger partial charge in [0, 0.05) is 17.7 Å². The van der Waals surface area contributed by atoms with E-state index in [-0.39, 0.29) is 24.2 Å². The molecule has 3 rings (SSSR count). The van der Waals surface area contributed by atoms with Crippen molar-refractivity contribution in [3.05, 3.63) is 71.4 Å². The van der Waals surface area contributed by atoms with Crippen LogP contribution in [-0.2, 0) is 6.54 Å². The first kappa shape index (κ1) is 21.5. The lowest BCUT2D eigenvalue weighted by Crippen LogP contribution is -2.32. The number of halogens is 2. The van der Waals surface area contributed by atoms with E-state index in [4.69, 9.17) is 10.3 Å². The zero-order valence-corrected chi connectivity index (χ0v) is 16.4. The minimum atomic E-state index is -0.466. The second kappa shape index (κ2) is 9.43. The monoisotopic (exact) mass is 404 g/mol. The highest BCUT2D eigenvalue weighted by Gasteiger charge is 2.25. The third kappa shape index (κ3) is 4.94. The van der Waals surface area contributed by atoms with Gasteiger partial charge in [0.25, 0.3) is 5.91 Å². The molecule has 0 aliphatic rings. The summed E-state index contributed by atoms with van der Waals surface area (Å²) in [6.45, 7) is 4.34. The summed E-state index contributed by atoms with van der Waals surface area (Å²) in [5.41, 5.74) is 7.78. The largest absolute Gasteiger partial charge is 0.340 e. The van der Waals surface area contributed by atoms with Crippen molar-refractivity contribution in [1.82, 2.24) is 15.5 Å². The molecule has 148 valence electrons. The Labute approximate surface area is 168 Å². The fraction of sp³-hybridized carbons (Fsp3) is 0.250. The number of hydrogen-bond acceptors (Lipinski definition) is 5. The minimum absolute atomic E-state index is 0. The van der Waals surface area contributed by atoms with Crippen LogP contribution in [0.4, 0.5) is 4.39 Å². The normalized spacial score (nSPS) is 11.8. The predicted octanol–water partition coefficient (Wildman–Crippen LogP) is 3.88. The van der Waals surface area contributed by atoms with E-state index in [0.29, 0.717) is 23.8 Å². The van der Waals surface area contributed by atoms with Gasteiger partial charge >= 0.3 is 0 Å². The van der Waals surface area contributed by atoms with E-state index in [1.165, 1.54) is 24.3 Å². The second-order valence-electron chi connectivity index (χ2n) is 6.56. The number of carbonyl (C=O) groups is 1. The van der Waals surface area contributed by atoms with Crippen molar-refractivity contribution in [1.29, 1.82) is 0 Å². The quantitative estimate of drug-likeness (QED) is 0.650. The molecule has 1 unspecified atom stereocenters. The molecular formula is C20H22ClFN4O2. The van der Waals surface area contributed by atoms with E-state index in [1.54, 1.807) is 0 Å². The van der Waals surface area contributed by atoms with Crippen molar-refractivity contribution < 1.29 is 13.7 Å². The van der Waals surface area contributed by atoms with Crippen molar-refractivity contribution in [3.63, 3.8) is 0 Å². The number of nitrogens with one attached hydrogen (secondary N) is 1. The maximum absolute atomic E-state index is 13.0. The van der Waals surface area contributed by atoms with Crippen LogP contribution in [0.5, 0.6) is 0 Å². The van der Waals surface area contributed by atoms with Crippen molar-refractivity contribution in [3.8, 4) is 11.4 Å². The lowest BCUT2D eigenvalue weighted by atomic mass is 10.0. The number of benzene rings is 2. The van der Waals surface area contributed by atoms with Gasteiger partial charge in [-0.3, -0.25) is 4.79 Å². The van der Waals surface area contributed by atoms with Gasteiger partial charge < -0.3 is 15.6 Å². The van der Waals surface area contributed by atoms with Crippen LogP contribution in [0.2, 0.25) is 0 Å². The second-order valence-corrected chi connectivity index (χ2v) is 6.56. The standard InChI is InChI=1S/C20H21FN4O2.ClH/c1-12(2)17(23-19(26)15-7-9-16(21)10-8-15)20-24-18(25-27-20)14-5-3-13(11-22)4-6-14;/h3-10,12,17H,11,22H2,1-2H3,(H,23,26);1H. The van der Waals surface area contributed by atoms with Crippen molar-refractivity contribution in [2.24, 2.45) is 11.7 Å². The van der Waals surface area contributed by atoms with Crippen molar-refractivity contribution in [2.75, 3.05) is 0 Å². The topological polar surface area (TPSA) is 94.0 Å². The number of nitrogens with two attached hydrogens (primary N) is 1. The third-order valence-electron chi connectivity index (χ3n) is 4.22. The van der Waals surface area contributed by atoms with E-state index < -0.39 is 11.9 Å². The fourth-order valence-electron chi connectivity index (χ4n) is 2.61. The number of aromatic nitrogens is 2. The van der Waals surface area contributed by atoms with Gasteiger partial charge in [-0.25, -0.2) is 4.39 Å². The molecule has 0 saturated heterocycles. The maximum atomic E-state index is 13.0. The SMILES string of the molecule is CC(C)C(NC(=O)c1ccc(F)cc1)c1nc(-c2ccc(CN)cc2)no1.Cl. The van der Waals surface area contributed by atoms with Crippen LogP contribution in [0.25, 0.3) is 11.4 Å². The van der Waals surface area contributed by atoms with Gasteiger partial charge in [-0.2, -0.15) is 4.98 Å². The molecule has 3 aromatic rings. The first-order valence-corrected chi connectivity index (χ1v) is 8.67. The molecule has 2 aromatic carbocycles. The molecule has 0 saturated carbocycles. The summed E-state index contributed by atoms with van der Waals surface area (Å²) in [4.78, 5) is 16.9. The van der Waals surface area contributed by atoms with E-state index in [9.17, 15) is 9.18 Å². The molecule has 28 heavy (non-hydrogen) atoms. The van der Waals surface area contributed by atoms with Crippen LogP contribution in [0.15, 0.2) is 53.1 Å². The molecule has 1 atom stereocenters. The lowest BCUT2D eigenvalue weighted by molar-refractivity contribution is 0.0914. The Balaban J connectivity index is 0.00000280. The molecular weight excluding hydrogens is 383 g/mol. The number of nitrogens with zero attached hydrogens (tertiary/aromatic N) is 2. The van der Waals surface area contributed by atoms with Crippen molar-refractivity contribution >= 4 is 18.3 Å². The van der Waals surface area contributed by atoms with E-state index in [2.05, 4.69) is 15.5 Å². The van der Waals surface area contributed by atoms with Crippen LogP contribution in [-0.4, -0.2) is 16.0 Å². The molecule has 1 amide bonds. The fourth-order valence-corrected chi connectivity index (χ4v) is 2.61. The molecule has 8 heteroatoms. The predicted molar refractivity (Wildman–Crippen MR) is 106 cm³/mol. The van der Waals surface area contributed by atoms with Gasteiger partial charge in [0.2, 0.25) is 11.7 Å². The summed E-state index contributed by atoms with van der Waals surface area (Å²) in [5.74, 6) is 0.0471. The number of hydrogen-bond donors (Lipinski definition) is 2. The number of amides is 1. The Kier molecular flexibility index (Phi) is 7.25. The molecule has 0 radical (unpaired) electrons. The highest BCUT2D eigenvalue weighted by Crippen LogP contribution is 2.24. The number of rotatable bonds is 6. The summed E-state index contributed by atoms with van der Waals surface area (Å²) in [6, 6.07) is 12.4. The van der Waals surface area contributed by atoms with Crippen LogP contribution >= 0.6 is 12.4 Å². The summed E-state index contributed by atoms with van der Waals surface area (Å²) in [5, 5.41) is 6.90. The van der Waals surface area contributed by atoms with Crippen LogP contribution in [0.3, 0.4) is 0 Å². The Morgan fingerprint density at radius 2 is 1.79 bits per heavy atom. The molecule has 1 aromatic heterocycles. The Morgan fingerprint density at radius 1 is 1.14 bits per heavy atom. The minimum Gasteiger partial charge on any atom is -0.340 e. The number of carbonyl (C=O) groups excluding carboxylic acids is 1. The van der Waals surface area contributed by atoms with E-state index >= 15 is 0 Å². The van der Waals surface area contributed by atoms with Gasteiger partial charge in [0.15, 0.2) is 0 Å². The van der Waals surface area contributed by atoms with Crippen LogP contribution < -0.4 is 11.1 Å². The Hall–Kier alpha value is -2.77. The third-order valence-corrected chi connectivity index (χ3v) is 4.22. The summed E-state index contributed by atoms with van der Waals surface area (Å²) in [6.07, 6.45) is 0. The van der Waals surface area contributed by atoms with E-state index in [1.807, 2.05) is 38.1 Å². The summed E-state index contributed by atoms with van der Waals surface area (Å²) in [7, 11) is 0. The highest BCUT2D eigenvalue weighted by atomic mass is 35.5. The molecule has 0 spiro atoms. The molecule has 0 aliphatic heterocycles. The smallest absolute Gasteiger partial charge is 0.251 e.